The van der Waals surface area contributed by atoms with Gasteiger partial charge in [0.25, 0.3) is 0 Å². The number of hydrogen-bond donors (Lipinski definition) is 0. The lowest BCUT2D eigenvalue weighted by molar-refractivity contribution is 0.479. The minimum absolute atomic E-state index is 0.000383. The third-order valence-corrected chi connectivity index (χ3v) is 3.41. The molecule has 2 rings (SSSR count). The van der Waals surface area contributed by atoms with E-state index in [1.807, 2.05) is 31.2 Å². The van der Waals surface area contributed by atoms with E-state index in [9.17, 15) is 0 Å². The average molecular weight is 252 g/mol. The zero-order valence-corrected chi connectivity index (χ0v) is 11.8. The summed E-state index contributed by atoms with van der Waals surface area (Å²) in [6.45, 7) is 6.42. The van der Waals surface area contributed by atoms with Crippen molar-refractivity contribution in [2.45, 2.75) is 26.2 Å². The molecule has 0 saturated heterocycles. The van der Waals surface area contributed by atoms with Crippen LogP contribution in [0.1, 0.15) is 31.9 Å². The Hall–Kier alpha value is -2.02. The molecular formula is C18H20O. The van der Waals surface area contributed by atoms with Gasteiger partial charge in [0.15, 0.2) is 0 Å². The Balaban J connectivity index is 2.26. The van der Waals surface area contributed by atoms with Gasteiger partial charge >= 0.3 is 0 Å². The van der Waals surface area contributed by atoms with E-state index >= 15 is 0 Å². The molecule has 2 aromatic rings. The van der Waals surface area contributed by atoms with Crippen molar-refractivity contribution in [3.8, 4) is 5.75 Å². The summed E-state index contributed by atoms with van der Waals surface area (Å²) in [6.07, 6.45) is 3.57. The Morgan fingerprint density at radius 2 is 1.42 bits per heavy atom. The third-order valence-electron chi connectivity index (χ3n) is 3.41. The maximum Gasteiger partial charge on any atom is 0.126 e. The third kappa shape index (κ3) is 3.05. The lowest BCUT2D eigenvalue weighted by atomic mass is 9.78. The molecule has 0 spiro atoms. The van der Waals surface area contributed by atoms with Crippen molar-refractivity contribution in [3.05, 3.63) is 78.1 Å². The zero-order valence-electron chi connectivity index (χ0n) is 11.8. The molecule has 0 fully saturated rings. The van der Waals surface area contributed by atoms with Gasteiger partial charge in [0, 0.05) is 5.41 Å². The zero-order chi connectivity index (χ0) is 13.7. The second-order valence-corrected chi connectivity index (χ2v) is 5.10. The number of hydrogen-bond acceptors (Lipinski definition) is 1. The average Bonchev–Trinajstić information content (AvgIpc) is 2.46. The van der Waals surface area contributed by atoms with Gasteiger partial charge in [-0.05, 0) is 30.2 Å². The van der Waals surface area contributed by atoms with Crippen LogP contribution in [0.2, 0.25) is 0 Å². The van der Waals surface area contributed by atoms with E-state index in [0.717, 1.165) is 5.75 Å². The molecule has 0 amide bonds. The summed E-state index contributed by atoms with van der Waals surface area (Å²) in [6, 6.07) is 18.8. The van der Waals surface area contributed by atoms with E-state index in [2.05, 4.69) is 50.2 Å². The molecule has 1 nitrogen and oxygen atoms in total. The fourth-order valence-electron chi connectivity index (χ4n) is 2.12. The topological polar surface area (TPSA) is 9.23 Å². The first-order chi connectivity index (χ1) is 9.14. The number of allylic oxidation sites excluding steroid dienone is 1. The van der Waals surface area contributed by atoms with Crippen LogP contribution in [0.3, 0.4) is 0 Å². The highest BCUT2D eigenvalue weighted by atomic mass is 16.5. The van der Waals surface area contributed by atoms with Gasteiger partial charge < -0.3 is 4.74 Å². The molecule has 2 aromatic carbocycles. The molecule has 0 aliphatic carbocycles. The second kappa shape index (κ2) is 5.75. The molecular weight excluding hydrogens is 232 g/mol. The quantitative estimate of drug-likeness (QED) is 0.701. The van der Waals surface area contributed by atoms with Crippen molar-refractivity contribution in [1.82, 2.24) is 0 Å². The first-order valence-electron chi connectivity index (χ1n) is 6.58. The standard InChI is InChI=1S/C18H20O/c1-4-14-19-17-12-10-16(11-13-17)18(2,3)15-8-6-5-7-9-15/h4-14H,1-3H3. The molecule has 19 heavy (non-hydrogen) atoms. The van der Waals surface area contributed by atoms with Gasteiger partial charge in [-0.2, -0.15) is 0 Å². The van der Waals surface area contributed by atoms with Crippen LogP contribution in [0.4, 0.5) is 0 Å². The highest BCUT2D eigenvalue weighted by molar-refractivity contribution is 5.39. The Morgan fingerprint density at radius 3 is 2.00 bits per heavy atom. The molecule has 0 atom stereocenters. The van der Waals surface area contributed by atoms with Crippen molar-refractivity contribution in [3.63, 3.8) is 0 Å². The maximum absolute atomic E-state index is 5.45. The number of benzene rings is 2. The van der Waals surface area contributed by atoms with Crippen LogP contribution in [-0.2, 0) is 5.41 Å². The van der Waals surface area contributed by atoms with Gasteiger partial charge in [0.1, 0.15) is 5.75 Å². The van der Waals surface area contributed by atoms with Crippen LogP contribution in [0.15, 0.2) is 66.9 Å². The van der Waals surface area contributed by atoms with Crippen LogP contribution in [-0.4, -0.2) is 0 Å². The first kappa shape index (κ1) is 13.4. The largest absolute Gasteiger partial charge is 0.465 e. The van der Waals surface area contributed by atoms with Gasteiger partial charge in [0.05, 0.1) is 6.26 Å². The lowest BCUT2D eigenvalue weighted by Gasteiger charge is -2.26. The monoisotopic (exact) mass is 252 g/mol. The Kier molecular flexibility index (Phi) is 4.06. The molecule has 0 N–H and O–H groups in total. The van der Waals surface area contributed by atoms with Crippen LogP contribution in [0.5, 0.6) is 5.75 Å². The summed E-state index contributed by atoms with van der Waals surface area (Å²) < 4.78 is 5.45. The van der Waals surface area contributed by atoms with E-state index in [0.29, 0.717) is 0 Å². The molecule has 1 heteroatoms. The van der Waals surface area contributed by atoms with Crippen molar-refractivity contribution >= 4 is 0 Å². The van der Waals surface area contributed by atoms with Gasteiger partial charge in [-0.25, -0.2) is 0 Å². The summed E-state index contributed by atoms with van der Waals surface area (Å²) in [7, 11) is 0. The summed E-state index contributed by atoms with van der Waals surface area (Å²) >= 11 is 0. The van der Waals surface area contributed by atoms with Gasteiger partial charge in [-0.3, -0.25) is 0 Å². The molecule has 98 valence electrons. The summed E-state index contributed by atoms with van der Waals surface area (Å²) in [5.41, 5.74) is 2.60. The van der Waals surface area contributed by atoms with Crippen LogP contribution >= 0.6 is 0 Å². The van der Waals surface area contributed by atoms with E-state index in [-0.39, 0.29) is 5.41 Å². The summed E-state index contributed by atoms with van der Waals surface area (Å²) in [5, 5.41) is 0. The minimum Gasteiger partial charge on any atom is -0.465 e. The predicted octanol–water partition coefficient (Wildman–Crippen LogP) is 4.92. The van der Waals surface area contributed by atoms with E-state index < -0.39 is 0 Å². The van der Waals surface area contributed by atoms with E-state index in [1.165, 1.54) is 11.1 Å². The smallest absolute Gasteiger partial charge is 0.126 e. The lowest BCUT2D eigenvalue weighted by Crippen LogP contribution is -2.18. The molecule has 0 bridgehead atoms. The van der Waals surface area contributed by atoms with Gasteiger partial charge in [-0.15, -0.1) is 0 Å². The Morgan fingerprint density at radius 1 is 0.842 bits per heavy atom. The fraction of sp³-hybridized carbons (Fsp3) is 0.222. The van der Waals surface area contributed by atoms with Crippen LogP contribution < -0.4 is 4.74 Å². The van der Waals surface area contributed by atoms with E-state index in [4.69, 9.17) is 4.74 Å². The fourth-order valence-corrected chi connectivity index (χ4v) is 2.12. The predicted molar refractivity (Wildman–Crippen MR) is 80.5 cm³/mol. The molecule has 0 unspecified atom stereocenters. The van der Waals surface area contributed by atoms with Crippen molar-refractivity contribution in [2.24, 2.45) is 0 Å². The Labute approximate surface area is 115 Å². The molecule has 0 aromatic heterocycles. The van der Waals surface area contributed by atoms with Crippen molar-refractivity contribution < 1.29 is 4.74 Å². The summed E-state index contributed by atoms with van der Waals surface area (Å²) in [4.78, 5) is 0. The number of rotatable bonds is 4. The van der Waals surface area contributed by atoms with Crippen molar-refractivity contribution in [2.75, 3.05) is 0 Å². The highest BCUT2D eigenvalue weighted by Gasteiger charge is 2.22. The first-order valence-corrected chi connectivity index (χ1v) is 6.58. The van der Waals surface area contributed by atoms with Gasteiger partial charge in [0.2, 0.25) is 0 Å². The van der Waals surface area contributed by atoms with Gasteiger partial charge in [-0.1, -0.05) is 62.4 Å². The maximum atomic E-state index is 5.45. The molecule has 0 aliphatic rings. The SMILES string of the molecule is CC=COc1ccc(C(C)(C)c2ccccc2)cc1. The normalized spacial score (nSPS) is 11.7. The second-order valence-electron chi connectivity index (χ2n) is 5.10. The van der Waals surface area contributed by atoms with Crippen molar-refractivity contribution in [1.29, 1.82) is 0 Å². The molecule has 0 radical (unpaired) electrons. The summed E-state index contributed by atoms with van der Waals surface area (Å²) in [5.74, 6) is 0.866. The van der Waals surface area contributed by atoms with Crippen LogP contribution in [0.25, 0.3) is 0 Å². The molecule has 0 heterocycles. The van der Waals surface area contributed by atoms with Crippen LogP contribution in [0, 0.1) is 0 Å². The molecule has 0 saturated carbocycles. The minimum atomic E-state index is 0.000383. The van der Waals surface area contributed by atoms with E-state index in [1.54, 1.807) is 6.26 Å². The highest BCUT2D eigenvalue weighted by Crippen LogP contribution is 2.32. The Bertz CT molecular complexity index is 536. The number of ether oxygens (including phenoxy) is 1. The molecule has 0 aliphatic heterocycles.